The van der Waals surface area contributed by atoms with Crippen LogP contribution >= 0.6 is 0 Å². The summed E-state index contributed by atoms with van der Waals surface area (Å²) in [4.78, 5) is 28.7. The van der Waals surface area contributed by atoms with Crippen molar-refractivity contribution in [3.63, 3.8) is 0 Å². The van der Waals surface area contributed by atoms with Crippen LogP contribution in [0, 0.1) is 11.7 Å². The lowest BCUT2D eigenvalue weighted by atomic mass is 10.1. The summed E-state index contributed by atoms with van der Waals surface area (Å²) in [6.07, 6.45) is 2.32. The third-order valence-corrected chi connectivity index (χ3v) is 5.57. The lowest BCUT2D eigenvalue weighted by Gasteiger charge is -2.34. The molecule has 7 nitrogen and oxygen atoms in total. The highest BCUT2D eigenvalue weighted by Gasteiger charge is 2.32. The van der Waals surface area contributed by atoms with Gasteiger partial charge in [-0.05, 0) is 49.4 Å². The summed E-state index contributed by atoms with van der Waals surface area (Å²) in [5, 5.41) is 4.61. The van der Waals surface area contributed by atoms with E-state index >= 15 is 0 Å². The van der Waals surface area contributed by atoms with E-state index < -0.39 is 0 Å². The quantitative estimate of drug-likeness (QED) is 0.771. The summed E-state index contributed by atoms with van der Waals surface area (Å²) in [5.41, 5.74) is 3.25. The van der Waals surface area contributed by atoms with Gasteiger partial charge in [-0.15, -0.1) is 0 Å². The standard InChI is InChI=1S/C22H27FN4O3/c1-15(2)14-30-22(29)26-12-10-25(11-13-26)21(28)20-18-4-3-5-19(18)27(24-20)17-8-6-16(23)7-9-17/h6-9,15H,3-5,10-14H2,1-2H3. The maximum Gasteiger partial charge on any atom is 0.409 e. The van der Waals surface area contributed by atoms with Gasteiger partial charge in [0, 0.05) is 37.4 Å². The molecule has 2 amide bonds. The number of aromatic nitrogens is 2. The lowest BCUT2D eigenvalue weighted by Crippen LogP contribution is -2.51. The Bertz CT molecular complexity index is 931. The normalized spacial score (nSPS) is 16.1. The van der Waals surface area contributed by atoms with Gasteiger partial charge < -0.3 is 14.5 Å². The van der Waals surface area contributed by atoms with E-state index in [1.54, 1.807) is 26.6 Å². The molecule has 0 bridgehead atoms. The molecule has 0 spiro atoms. The van der Waals surface area contributed by atoms with Gasteiger partial charge in [-0.25, -0.2) is 13.9 Å². The second-order valence-electron chi connectivity index (χ2n) is 8.27. The predicted molar refractivity (Wildman–Crippen MR) is 109 cm³/mol. The first-order chi connectivity index (χ1) is 14.4. The van der Waals surface area contributed by atoms with Crippen LogP contribution in [0.25, 0.3) is 5.69 Å². The van der Waals surface area contributed by atoms with Gasteiger partial charge in [0.25, 0.3) is 5.91 Å². The van der Waals surface area contributed by atoms with Gasteiger partial charge in [-0.2, -0.15) is 5.10 Å². The molecule has 0 atom stereocenters. The van der Waals surface area contributed by atoms with E-state index in [9.17, 15) is 14.0 Å². The van der Waals surface area contributed by atoms with Crippen LogP contribution in [0.2, 0.25) is 0 Å². The summed E-state index contributed by atoms with van der Waals surface area (Å²) < 4.78 is 20.4. The Morgan fingerprint density at radius 3 is 2.40 bits per heavy atom. The number of rotatable bonds is 4. The van der Waals surface area contributed by atoms with Crippen LogP contribution in [-0.4, -0.2) is 64.4 Å². The van der Waals surface area contributed by atoms with Gasteiger partial charge in [-0.1, -0.05) is 13.8 Å². The Balaban J connectivity index is 1.46. The zero-order chi connectivity index (χ0) is 21.3. The molecule has 0 N–H and O–H groups in total. The number of fused-ring (bicyclic) bond motifs is 1. The monoisotopic (exact) mass is 414 g/mol. The fourth-order valence-electron chi connectivity index (χ4n) is 3.98. The summed E-state index contributed by atoms with van der Waals surface area (Å²) in [5.74, 6) is -0.122. The van der Waals surface area contributed by atoms with Crippen molar-refractivity contribution in [2.24, 2.45) is 5.92 Å². The molecule has 4 rings (SSSR count). The van der Waals surface area contributed by atoms with Crippen molar-refractivity contribution >= 4 is 12.0 Å². The topological polar surface area (TPSA) is 67.7 Å². The number of benzene rings is 1. The van der Waals surface area contributed by atoms with Crippen molar-refractivity contribution in [1.82, 2.24) is 19.6 Å². The minimum absolute atomic E-state index is 0.107. The molecule has 160 valence electrons. The smallest absolute Gasteiger partial charge is 0.409 e. The molecule has 30 heavy (non-hydrogen) atoms. The van der Waals surface area contributed by atoms with Crippen molar-refractivity contribution in [2.45, 2.75) is 33.1 Å². The highest BCUT2D eigenvalue weighted by atomic mass is 19.1. The van der Waals surface area contributed by atoms with Crippen molar-refractivity contribution in [3.8, 4) is 5.69 Å². The SMILES string of the molecule is CC(C)COC(=O)N1CCN(C(=O)c2nn(-c3ccc(F)cc3)c3c2CCC3)CC1. The molecular weight excluding hydrogens is 387 g/mol. The van der Waals surface area contributed by atoms with Crippen molar-refractivity contribution < 1.29 is 18.7 Å². The van der Waals surface area contributed by atoms with Gasteiger partial charge in [0.15, 0.2) is 5.69 Å². The van der Waals surface area contributed by atoms with Crippen LogP contribution in [0.1, 0.15) is 42.0 Å². The average Bonchev–Trinajstić information content (AvgIpc) is 3.35. The number of amides is 2. The Morgan fingerprint density at radius 1 is 1.07 bits per heavy atom. The van der Waals surface area contributed by atoms with Crippen molar-refractivity contribution in [1.29, 1.82) is 0 Å². The number of piperazine rings is 1. The predicted octanol–water partition coefficient (Wildman–Crippen LogP) is 3.05. The first kappa shape index (κ1) is 20.4. The molecule has 1 aliphatic carbocycles. The van der Waals surface area contributed by atoms with Gasteiger partial charge in [0.1, 0.15) is 5.82 Å². The zero-order valence-electron chi connectivity index (χ0n) is 17.4. The Morgan fingerprint density at radius 2 is 1.73 bits per heavy atom. The third-order valence-electron chi connectivity index (χ3n) is 5.57. The van der Waals surface area contributed by atoms with E-state index in [0.717, 1.165) is 36.2 Å². The molecule has 1 aliphatic heterocycles. The highest BCUT2D eigenvalue weighted by Crippen LogP contribution is 2.29. The molecular formula is C22H27FN4O3. The number of nitrogens with zero attached hydrogens (tertiary/aromatic N) is 4. The fraction of sp³-hybridized carbons (Fsp3) is 0.500. The molecule has 1 aromatic heterocycles. The van der Waals surface area contributed by atoms with E-state index in [0.29, 0.717) is 38.5 Å². The number of carbonyl (C=O) groups excluding carboxylic acids is 2. The summed E-state index contributed by atoms with van der Waals surface area (Å²) >= 11 is 0. The number of halogens is 1. The van der Waals surface area contributed by atoms with E-state index in [1.807, 2.05) is 13.8 Å². The number of hydrogen-bond acceptors (Lipinski definition) is 4. The van der Waals surface area contributed by atoms with E-state index in [-0.39, 0.29) is 23.7 Å². The summed E-state index contributed by atoms with van der Waals surface area (Å²) in [6, 6.07) is 6.16. The minimum atomic E-state index is -0.322. The fourth-order valence-corrected chi connectivity index (χ4v) is 3.98. The maximum atomic E-state index is 13.3. The lowest BCUT2D eigenvalue weighted by molar-refractivity contribution is 0.0530. The van der Waals surface area contributed by atoms with Gasteiger partial charge in [0.2, 0.25) is 0 Å². The van der Waals surface area contributed by atoms with Crippen LogP contribution in [0.5, 0.6) is 0 Å². The highest BCUT2D eigenvalue weighted by molar-refractivity contribution is 5.94. The molecule has 2 aliphatic rings. The molecule has 0 unspecified atom stereocenters. The van der Waals surface area contributed by atoms with E-state index in [1.165, 1.54) is 12.1 Å². The van der Waals surface area contributed by atoms with Crippen LogP contribution in [-0.2, 0) is 17.6 Å². The largest absolute Gasteiger partial charge is 0.449 e. The Labute approximate surface area is 175 Å². The zero-order valence-corrected chi connectivity index (χ0v) is 17.4. The summed E-state index contributed by atoms with van der Waals surface area (Å²) in [7, 11) is 0. The number of ether oxygens (including phenoxy) is 1. The van der Waals surface area contributed by atoms with Crippen LogP contribution in [0.3, 0.4) is 0 Å². The van der Waals surface area contributed by atoms with Crippen LogP contribution < -0.4 is 0 Å². The molecule has 8 heteroatoms. The molecule has 1 aromatic carbocycles. The number of hydrogen-bond donors (Lipinski definition) is 0. The molecule has 2 heterocycles. The van der Waals surface area contributed by atoms with Gasteiger partial charge in [0.05, 0.1) is 12.3 Å². The maximum absolute atomic E-state index is 13.3. The van der Waals surface area contributed by atoms with Gasteiger partial charge >= 0.3 is 6.09 Å². The first-order valence-electron chi connectivity index (χ1n) is 10.5. The van der Waals surface area contributed by atoms with Crippen LogP contribution in [0.15, 0.2) is 24.3 Å². The molecule has 1 fully saturated rings. The van der Waals surface area contributed by atoms with Gasteiger partial charge in [-0.3, -0.25) is 4.79 Å². The molecule has 0 saturated carbocycles. The molecule has 1 saturated heterocycles. The number of carbonyl (C=O) groups is 2. The van der Waals surface area contributed by atoms with Crippen molar-refractivity contribution in [3.05, 3.63) is 47.0 Å². The van der Waals surface area contributed by atoms with E-state index in [4.69, 9.17) is 4.74 Å². The van der Waals surface area contributed by atoms with Crippen LogP contribution in [0.4, 0.5) is 9.18 Å². The summed E-state index contributed by atoms with van der Waals surface area (Å²) in [6.45, 7) is 6.18. The molecule has 0 radical (unpaired) electrons. The Kier molecular flexibility index (Phi) is 5.74. The second kappa shape index (κ2) is 8.45. The molecule has 2 aromatic rings. The van der Waals surface area contributed by atoms with E-state index in [2.05, 4.69) is 5.10 Å². The second-order valence-corrected chi connectivity index (χ2v) is 8.27. The minimum Gasteiger partial charge on any atom is -0.449 e. The van der Waals surface area contributed by atoms with Crippen molar-refractivity contribution in [2.75, 3.05) is 32.8 Å². The third kappa shape index (κ3) is 4.04. The average molecular weight is 414 g/mol. The first-order valence-corrected chi connectivity index (χ1v) is 10.5. The Hall–Kier alpha value is -2.90.